The molecule has 0 aliphatic rings. The molecule has 0 saturated carbocycles. The third-order valence-electron chi connectivity index (χ3n) is 4.10. The first-order chi connectivity index (χ1) is 13.3. The number of hydrogen-bond donors (Lipinski definition) is 0. The predicted molar refractivity (Wildman–Crippen MR) is 112 cm³/mol. The number of carbonyl (C=O) groups is 2. The normalized spacial score (nSPS) is 11.8. The molecule has 3 rings (SSSR count). The van der Waals surface area contributed by atoms with Gasteiger partial charge in [-0.3, -0.25) is 9.59 Å². The van der Waals surface area contributed by atoms with Crippen LogP contribution in [0.4, 0.5) is 0 Å². The number of esters is 1. The minimum atomic E-state index is -0.436. The Morgan fingerprint density at radius 1 is 1.18 bits per heavy atom. The second kappa shape index (κ2) is 8.47. The summed E-state index contributed by atoms with van der Waals surface area (Å²) in [7, 11) is 0. The fourth-order valence-corrected chi connectivity index (χ4v) is 4.71. The van der Waals surface area contributed by atoms with Crippen molar-refractivity contribution in [3.63, 3.8) is 0 Å². The van der Waals surface area contributed by atoms with Gasteiger partial charge in [0.1, 0.15) is 6.54 Å². The lowest BCUT2D eigenvalue weighted by Crippen LogP contribution is -2.23. The summed E-state index contributed by atoms with van der Waals surface area (Å²) >= 11 is 13.7. The van der Waals surface area contributed by atoms with E-state index in [1.807, 2.05) is 26.0 Å². The van der Waals surface area contributed by atoms with Crippen LogP contribution in [-0.2, 0) is 16.1 Å². The molecule has 0 N–H and O–H groups in total. The van der Waals surface area contributed by atoms with E-state index < -0.39 is 5.97 Å². The molecule has 0 radical (unpaired) electrons. The van der Waals surface area contributed by atoms with Gasteiger partial charge in [0.15, 0.2) is 4.80 Å². The summed E-state index contributed by atoms with van der Waals surface area (Å²) in [4.78, 5) is 29.5. The third kappa shape index (κ3) is 4.29. The number of hydrogen-bond acceptors (Lipinski definition) is 4. The standard InChI is InChI=1S/C20H18Cl2N2O3S/c1-4-27-17(25)10-24-18-15(22)8-13(21)9-16(18)28-20(24)23-19(26)14-6-5-11(2)7-12(14)3/h5-9H,4,10H2,1-3H3. The number of ether oxygens (including phenoxy) is 1. The van der Waals surface area contributed by atoms with Crippen molar-refractivity contribution in [2.75, 3.05) is 6.61 Å². The van der Waals surface area contributed by atoms with Crippen LogP contribution in [0.25, 0.3) is 10.2 Å². The Labute approximate surface area is 176 Å². The highest BCUT2D eigenvalue weighted by Crippen LogP contribution is 2.29. The Kier molecular flexibility index (Phi) is 6.23. The summed E-state index contributed by atoms with van der Waals surface area (Å²) in [6.07, 6.45) is 0. The molecule has 1 amide bonds. The van der Waals surface area contributed by atoms with Gasteiger partial charge in [0.2, 0.25) is 0 Å². The van der Waals surface area contributed by atoms with Crippen molar-refractivity contribution in [1.82, 2.24) is 4.57 Å². The van der Waals surface area contributed by atoms with Crippen LogP contribution in [-0.4, -0.2) is 23.1 Å². The van der Waals surface area contributed by atoms with Crippen LogP contribution in [0.15, 0.2) is 35.3 Å². The number of benzene rings is 2. The number of amides is 1. The SMILES string of the molecule is CCOC(=O)Cn1c(=NC(=O)c2ccc(C)cc2C)sc2cc(Cl)cc(Cl)c21. The van der Waals surface area contributed by atoms with Gasteiger partial charge >= 0.3 is 5.97 Å². The number of thiazole rings is 1. The Balaban J connectivity index is 2.18. The van der Waals surface area contributed by atoms with Gasteiger partial charge in [0.05, 0.1) is 21.8 Å². The number of aromatic nitrogens is 1. The van der Waals surface area contributed by atoms with E-state index in [0.29, 0.717) is 25.9 Å². The Hall–Kier alpha value is -2.15. The van der Waals surface area contributed by atoms with Crippen molar-refractivity contribution in [1.29, 1.82) is 0 Å². The highest BCUT2D eigenvalue weighted by molar-refractivity contribution is 7.16. The zero-order chi connectivity index (χ0) is 20.4. The fourth-order valence-electron chi connectivity index (χ4n) is 2.90. The summed E-state index contributed by atoms with van der Waals surface area (Å²) < 4.78 is 7.38. The highest BCUT2D eigenvalue weighted by atomic mass is 35.5. The molecule has 0 atom stereocenters. The number of fused-ring (bicyclic) bond motifs is 1. The molecule has 0 unspecified atom stereocenters. The second-order valence-corrected chi connectivity index (χ2v) is 8.10. The lowest BCUT2D eigenvalue weighted by molar-refractivity contribution is -0.143. The minimum absolute atomic E-state index is 0.103. The van der Waals surface area contributed by atoms with Gasteiger partial charge in [0.25, 0.3) is 5.91 Å². The van der Waals surface area contributed by atoms with E-state index in [1.165, 1.54) is 11.3 Å². The lowest BCUT2D eigenvalue weighted by atomic mass is 10.1. The van der Waals surface area contributed by atoms with Crippen LogP contribution in [0.1, 0.15) is 28.4 Å². The van der Waals surface area contributed by atoms with Crippen molar-refractivity contribution in [3.8, 4) is 0 Å². The highest BCUT2D eigenvalue weighted by Gasteiger charge is 2.16. The molecule has 5 nitrogen and oxygen atoms in total. The van der Waals surface area contributed by atoms with E-state index >= 15 is 0 Å². The van der Waals surface area contributed by atoms with Gasteiger partial charge in [-0.05, 0) is 44.5 Å². The number of aryl methyl sites for hydroxylation is 2. The van der Waals surface area contributed by atoms with Gasteiger partial charge in [-0.25, -0.2) is 0 Å². The molecule has 0 aliphatic heterocycles. The zero-order valence-corrected chi connectivity index (χ0v) is 17.9. The molecular weight excluding hydrogens is 419 g/mol. The number of rotatable bonds is 4. The van der Waals surface area contributed by atoms with Crippen LogP contribution in [0, 0.1) is 13.8 Å². The Bertz CT molecular complexity index is 1150. The summed E-state index contributed by atoms with van der Waals surface area (Å²) in [5.74, 6) is -0.822. The van der Waals surface area contributed by atoms with Crippen LogP contribution >= 0.6 is 34.5 Å². The third-order valence-corrected chi connectivity index (χ3v) is 5.63. The van der Waals surface area contributed by atoms with Gasteiger partial charge in [0, 0.05) is 10.6 Å². The molecule has 28 heavy (non-hydrogen) atoms. The summed E-state index contributed by atoms with van der Waals surface area (Å²) in [6.45, 7) is 5.71. The van der Waals surface area contributed by atoms with Crippen molar-refractivity contribution in [3.05, 3.63) is 61.9 Å². The molecule has 1 heterocycles. The zero-order valence-electron chi connectivity index (χ0n) is 15.6. The monoisotopic (exact) mass is 436 g/mol. The van der Waals surface area contributed by atoms with Crippen molar-refractivity contribution >= 4 is 56.6 Å². The van der Waals surface area contributed by atoms with Crippen LogP contribution in [0.5, 0.6) is 0 Å². The average Bonchev–Trinajstić information content (AvgIpc) is 2.91. The first-order valence-electron chi connectivity index (χ1n) is 8.60. The van der Waals surface area contributed by atoms with Crippen LogP contribution < -0.4 is 4.80 Å². The first kappa shape index (κ1) is 20.6. The van der Waals surface area contributed by atoms with Gasteiger partial charge in [-0.15, -0.1) is 0 Å². The second-order valence-electron chi connectivity index (χ2n) is 6.25. The van der Waals surface area contributed by atoms with E-state index in [4.69, 9.17) is 27.9 Å². The van der Waals surface area contributed by atoms with Crippen molar-refractivity contribution in [2.45, 2.75) is 27.3 Å². The fraction of sp³-hybridized carbons (Fsp3) is 0.250. The molecule has 1 aromatic heterocycles. The molecular formula is C20H18Cl2N2O3S. The van der Waals surface area contributed by atoms with Crippen LogP contribution in [0.3, 0.4) is 0 Å². The quantitative estimate of drug-likeness (QED) is 0.544. The molecule has 146 valence electrons. The molecule has 0 saturated heterocycles. The number of halogens is 2. The molecule has 3 aromatic rings. The summed E-state index contributed by atoms with van der Waals surface area (Å²) in [5.41, 5.74) is 3.01. The molecule has 0 bridgehead atoms. The van der Waals surface area contributed by atoms with Crippen molar-refractivity contribution < 1.29 is 14.3 Å². The smallest absolute Gasteiger partial charge is 0.326 e. The molecule has 0 aliphatic carbocycles. The molecule has 2 aromatic carbocycles. The topological polar surface area (TPSA) is 60.7 Å². The summed E-state index contributed by atoms with van der Waals surface area (Å²) in [6, 6.07) is 8.87. The van der Waals surface area contributed by atoms with E-state index in [0.717, 1.165) is 15.8 Å². The maximum absolute atomic E-state index is 12.8. The Morgan fingerprint density at radius 2 is 1.93 bits per heavy atom. The maximum Gasteiger partial charge on any atom is 0.326 e. The van der Waals surface area contributed by atoms with E-state index in [1.54, 1.807) is 29.7 Å². The minimum Gasteiger partial charge on any atom is -0.465 e. The predicted octanol–water partition coefficient (Wildman–Crippen LogP) is 4.93. The number of carbonyl (C=O) groups excluding carboxylic acids is 2. The van der Waals surface area contributed by atoms with E-state index in [2.05, 4.69) is 4.99 Å². The van der Waals surface area contributed by atoms with Gasteiger partial charge in [-0.1, -0.05) is 52.2 Å². The Morgan fingerprint density at radius 3 is 2.61 bits per heavy atom. The first-order valence-corrected chi connectivity index (χ1v) is 10.2. The average molecular weight is 437 g/mol. The number of nitrogens with zero attached hydrogens (tertiary/aromatic N) is 2. The van der Waals surface area contributed by atoms with Crippen LogP contribution in [0.2, 0.25) is 10.0 Å². The molecule has 0 spiro atoms. The summed E-state index contributed by atoms with van der Waals surface area (Å²) in [5, 5.41) is 0.845. The van der Waals surface area contributed by atoms with E-state index in [9.17, 15) is 9.59 Å². The molecule has 8 heteroatoms. The van der Waals surface area contributed by atoms with Gasteiger partial charge in [-0.2, -0.15) is 4.99 Å². The molecule has 0 fully saturated rings. The van der Waals surface area contributed by atoms with Crippen molar-refractivity contribution in [2.24, 2.45) is 4.99 Å². The van der Waals surface area contributed by atoms with Gasteiger partial charge < -0.3 is 9.30 Å². The lowest BCUT2D eigenvalue weighted by Gasteiger charge is -2.07. The maximum atomic E-state index is 12.8. The van der Waals surface area contributed by atoms with E-state index in [-0.39, 0.29) is 19.1 Å². The largest absolute Gasteiger partial charge is 0.465 e.